The summed E-state index contributed by atoms with van der Waals surface area (Å²) < 4.78 is 33.0. The van der Waals surface area contributed by atoms with Crippen LogP contribution in [0.2, 0.25) is 5.02 Å². The van der Waals surface area contributed by atoms with E-state index < -0.39 is 15.4 Å². The molecule has 2 aliphatic carbocycles. The first-order valence-electron chi connectivity index (χ1n) is 9.11. The van der Waals surface area contributed by atoms with E-state index in [-0.39, 0.29) is 28.9 Å². The van der Waals surface area contributed by atoms with Crippen LogP contribution in [0.1, 0.15) is 38.7 Å². The summed E-state index contributed by atoms with van der Waals surface area (Å²) in [6.45, 7) is 5.79. The van der Waals surface area contributed by atoms with Crippen molar-refractivity contribution in [2.24, 2.45) is 16.7 Å². The topological polar surface area (TPSA) is 106 Å². The summed E-state index contributed by atoms with van der Waals surface area (Å²) in [5.74, 6) is 0.00167. The minimum Gasteiger partial charge on any atom is -0.299 e. The van der Waals surface area contributed by atoms with Crippen LogP contribution in [0.15, 0.2) is 22.7 Å². The highest BCUT2D eigenvalue weighted by Crippen LogP contribution is 2.64. The molecule has 150 valence electrons. The number of sulfonamides is 1. The van der Waals surface area contributed by atoms with Crippen LogP contribution in [0, 0.1) is 23.7 Å². The predicted molar refractivity (Wildman–Crippen MR) is 102 cm³/mol. The van der Waals surface area contributed by atoms with Crippen molar-refractivity contribution < 1.29 is 22.5 Å². The lowest BCUT2D eigenvalue weighted by Gasteiger charge is -2.35. The molecule has 0 spiro atoms. The molecule has 2 bridgehead atoms. The van der Waals surface area contributed by atoms with Gasteiger partial charge in [-0.3, -0.25) is 9.32 Å². The summed E-state index contributed by atoms with van der Waals surface area (Å²) in [5.41, 5.74) is 0.110. The molecule has 2 fully saturated rings. The van der Waals surface area contributed by atoms with Gasteiger partial charge in [0, 0.05) is 18.1 Å². The molecule has 0 amide bonds. The molecule has 2 saturated carbocycles. The van der Waals surface area contributed by atoms with E-state index in [2.05, 4.69) is 15.1 Å². The molecule has 1 aromatic carbocycles. The predicted octanol–water partition coefficient (Wildman–Crippen LogP) is 2.45. The van der Waals surface area contributed by atoms with E-state index in [1.165, 1.54) is 4.80 Å². The molecule has 4 rings (SSSR count). The standard InChI is InChI=1S/C18H22ClN4O4S/c1-11-13(19)5-4-6-14(11)23-20-16(27-22-23)21-28(25,26)10-18-8-7-12(9-15(18)24)17(18,2)3/h4-6,12H,7-10H2,1-3H3,(H,20,21,22)/q+1/t12?,18-/m0/s1. The van der Waals surface area contributed by atoms with Gasteiger partial charge >= 0.3 is 6.01 Å². The molecule has 0 aliphatic heterocycles. The Morgan fingerprint density at radius 2 is 2.14 bits per heavy atom. The highest BCUT2D eigenvalue weighted by atomic mass is 35.5. The summed E-state index contributed by atoms with van der Waals surface area (Å²) in [6.07, 6.45) is 1.93. The minimum atomic E-state index is -3.86. The Hall–Kier alpha value is -2.00. The molecule has 1 heterocycles. The second-order valence-corrected chi connectivity index (χ2v) is 10.4. The number of aromatic nitrogens is 3. The number of benzene rings is 1. The van der Waals surface area contributed by atoms with Crippen molar-refractivity contribution in [2.45, 2.75) is 40.0 Å². The first kappa shape index (κ1) is 19.3. The van der Waals surface area contributed by atoms with E-state index in [1.807, 2.05) is 13.8 Å². The maximum Gasteiger partial charge on any atom is 0.402 e. The molecule has 0 saturated heterocycles. The van der Waals surface area contributed by atoms with E-state index in [0.717, 1.165) is 12.0 Å². The lowest BCUT2D eigenvalue weighted by atomic mass is 9.70. The van der Waals surface area contributed by atoms with Crippen molar-refractivity contribution in [3.05, 3.63) is 28.8 Å². The van der Waals surface area contributed by atoms with E-state index in [4.69, 9.17) is 16.1 Å². The van der Waals surface area contributed by atoms with Crippen molar-refractivity contribution in [1.29, 1.82) is 0 Å². The molecule has 1 N–H and O–H groups in total. The third-order valence-electron chi connectivity index (χ3n) is 6.66. The van der Waals surface area contributed by atoms with Crippen LogP contribution in [0.3, 0.4) is 0 Å². The van der Waals surface area contributed by atoms with Crippen molar-refractivity contribution >= 4 is 33.4 Å². The number of halogens is 1. The highest BCUT2D eigenvalue weighted by Gasteiger charge is 2.65. The molecule has 2 aliphatic rings. The number of nitrogens with zero attached hydrogens (tertiary/aromatic N) is 3. The number of hydrogen-bond acceptors (Lipinski definition) is 6. The smallest absolute Gasteiger partial charge is 0.299 e. The van der Waals surface area contributed by atoms with Gasteiger partial charge in [-0.05, 0) is 37.2 Å². The van der Waals surface area contributed by atoms with E-state index in [9.17, 15) is 13.2 Å². The van der Waals surface area contributed by atoms with Gasteiger partial charge in [-0.25, -0.2) is 13.1 Å². The third kappa shape index (κ3) is 2.83. The molecule has 2 aromatic rings. The molecule has 10 heteroatoms. The lowest BCUT2D eigenvalue weighted by Crippen LogP contribution is -2.43. The van der Waals surface area contributed by atoms with Crippen LogP contribution in [0.25, 0.3) is 5.69 Å². The second-order valence-electron chi connectivity index (χ2n) is 8.28. The van der Waals surface area contributed by atoms with Crippen molar-refractivity contribution in [2.75, 3.05) is 10.5 Å². The molecular weight excluding hydrogens is 404 g/mol. The largest absolute Gasteiger partial charge is 0.402 e. The summed E-state index contributed by atoms with van der Waals surface area (Å²) in [6, 6.07) is 4.96. The van der Waals surface area contributed by atoms with Crippen LogP contribution in [0.4, 0.5) is 6.01 Å². The van der Waals surface area contributed by atoms with Gasteiger partial charge in [0.1, 0.15) is 10.6 Å². The molecular formula is C18H22ClN4O4S+. The van der Waals surface area contributed by atoms with Crippen LogP contribution in [0.5, 0.6) is 0 Å². The second kappa shape index (κ2) is 6.25. The van der Waals surface area contributed by atoms with Crippen molar-refractivity contribution in [3.63, 3.8) is 0 Å². The molecule has 0 radical (unpaired) electrons. The Bertz CT molecular complexity index is 1070. The Kier molecular flexibility index (Phi) is 4.31. The van der Waals surface area contributed by atoms with E-state index in [1.54, 1.807) is 25.1 Å². The van der Waals surface area contributed by atoms with Gasteiger partial charge in [-0.2, -0.15) is 0 Å². The number of ketones is 1. The fourth-order valence-electron chi connectivity index (χ4n) is 4.75. The zero-order chi connectivity index (χ0) is 20.3. The molecule has 28 heavy (non-hydrogen) atoms. The van der Waals surface area contributed by atoms with Crippen molar-refractivity contribution in [1.82, 2.24) is 10.4 Å². The number of hydrogen-bond donors (Lipinski definition) is 1. The van der Waals surface area contributed by atoms with E-state index in [0.29, 0.717) is 23.6 Å². The molecule has 1 unspecified atom stereocenters. The van der Waals surface area contributed by atoms with Gasteiger partial charge in [-0.15, -0.1) is 0 Å². The van der Waals surface area contributed by atoms with Gasteiger partial charge in [-0.1, -0.05) is 31.5 Å². The SMILES string of the molecule is Cc1c(Cl)cccc1-[n+]1noc(NS(=O)(=O)C[C@@]23CCC(CC2=O)C3(C)C)n1. The summed E-state index contributed by atoms with van der Waals surface area (Å²) in [7, 11) is -3.86. The van der Waals surface area contributed by atoms with Crippen LogP contribution < -0.4 is 9.52 Å². The first-order valence-corrected chi connectivity index (χ1v) is 11.1. The maximum atomic E-state index is 12.8. The molecule has 2 atom stereocenters. The third-order valence-corrected chi connectivity index (χ3v) is 8.43. The first-order chi connectivity index (χ1) is 13.1. The van der Waals surface area contributed by atoms with Gasteiger partial charge in [0.2, 0.25) is 15.3 Å². The Balaban J connectivity index is 1.57. The van der Waals surface area contributed by atoms with Gasteiger partial charge in [0.05, 0.1) is 21.3 Å². The Morgan fingerprint density at radius 1 is 1.39 bits per heavy atom. The number of carbonyl (C=O) groups excluding carboxylic acids is 1. The lowest BCUT2D eigenvalue weighted by molar-refractivity contribution is -0.725. The quantitative estimate of drug-likeness (QED) is 0.737. The zero-order valence-electron chi connectivity index (χ0n) is 15.9. The summed E-state index contributed by atoms with van der Waals surface area (Å²) in [4.78, 5) is 13.8. The molecule has 8 nitrogen and oxygen atoms in total. The maximum absolute atomic E-state index is 12.8. The number of anilines is 1. The summed E-state index contributed by atoms with van der Waals surface area (Å²) in [5, 5.41) is 8.37. The monoisotopic (exact) mass is 425 g/mol. The minimum absolute atomic E-state index is 0.0364. The van der Waals surface area contributed by atoms with Crippen molar-refractivity contribution in [3.8, 4) is 5.69 Å². The number of Topliss-reactive ketones (excluding diaryl/α,β-unsaturated/α-hetero) is 1. The zero-order valence-corrected chi connectivity index (χ0v) is 17.5. The average Bonchev–Trinajstić information content (AvgIpc) is 3.19. The fourth-order valence-corrected chi connectivity index (χ4v) is 6.66. The van der Waals surface area contributed by atoms with Gasteiger partial charge in [0.15, 0.2) is 0 Å². The Labute approximate surface area is 168 Å². The van der Waals surface area contributed by atoms with Crippen LogP contribution in [-0.4, -0.2) is 30.3 Å². The van der Waals surface area contributed by atoms with E-state index >= 15 is 0 Å². The summed E-state index contributed by atoms with van der Waals surface area (Å²) >= 11 is 6.10. The van der Waals surface area contributed by atoms with Crippen LogP contribution in [-0.2, 0) is 14.8 Å². The van der Waals surface area contributed by atoms with Gasteiger partial charge in [0.25, 0.3) is 5.69 Å². The number of fused-ring (bicyclic) bond motifs is 2. The fraction of sp³-hybridized carbons (Fsp3) is 0.556. The highest BCUT2D eigenvalue weighted by molar-refractivity contribution is 7.92. The normalized spacial score (nSPS) is 26.0. The van der Waals surface area contributed by atoms with Crippen LogP contribution >= 0.6 is 11.6 Å². The van der Waals surface area contributed by atoms with Gasteiger partial charge < -0.3 is 0 Å². The Morgan fingerprint density at radius 3 is 2.79 bits per heavy atom. The number of carbonyl (C=O) groups is 1. The number of rotatable bonds is 5. The molecule has 1 aromatic heterocycles. The average molecular weight is 426 g/mol. The number of nitrogens with one attached hydrogen (secondary N) is 1.